The number of nitrogens with two attached hydrogens (primary N) is 1. The van der Waals surface area contributed by atoms with Crippen molar-refractivity contribution in [1.29, 1.82) is 0 Å². The van der Waals surface area contributed by atoms with Crippen molar-refractivity contribution in [2.24, 2.45) is 22.2 Å². The highest BCUT2D eigenvalue weighted by Gasteiger charge is 2.39. The summed E-state index contributed by atoms with van der Waals surface area (Å²) in [6.45, 7) is 6.64. The molecule has 4 aromatic rings. The molecule has 1 aliphatic carbocycles. The van der Waals surface area contributed by atoms with Gasteiger partial charge in [0.05, 0.1) is 47.7 Å². The summed E-state index contributed by atoms with van der Waals surface area (Å²) in [5, 5.41) is 16.6. The number of hydrogen-bond donors (Lipinski definition) is 3. The Morgan fingerprint density at radius 1 is 1.32 bits per heavy atom. The average Bonchev–Trinajstić information content (AvgIpc) is 3.57. The van der Waals surface area contributed by atoms with Gasteiger partial charge >= 0.3 is 5.97 Å². The van der Waals surface area contributed by atoms with E-state index in [4.69, 9.17) is 10.6 Å². The van der Waals surface area contributed by atoms with Gasteiger partial charge in [-0.3, -0.25) is 4.79 Å². The first-order valence-electron chi connectivity index (χ1n) is 12.5. The van der Waals surface area contributed by atoms with E-state index in [0.29, 0.717) is 12.3 Å². The van der Waals surface area contributed by atoms with Crippen molar-refractivity contribution in [2.75, 3.05) is 11.9 Å². The van der Waals surface area contributed by atoms with Crippen LogP contribution < -0.4 is 11.2 Å². The number of nitrogens with one attached hydrogen (secondary N) is 2. The molecule has 1 saturated carbocycles. The second kappa shape index (κ2) is 11.0. The normalized spacial score (nSPS) is 18.7. The summed E-state index contributed by atoms with van der Waals surface area (Å²) in [6, 6.07) is 13.7. The number of aromatic amines is 1. The zero-order valence-electron chi connectivity index (χ0n) is 20.8. The topological polar surface area (TPSA) is 121 Å². The monoisotopic (exact) mass is 517 g/mol. The Morgan fingerprint density at radius 2 is 2.16 bits per heavy atom. The Kier molecular flexibility index (Phi) is 7.36. The third-order valence-electron chi connectivity index (χ3n) is 6.96. The van der Waals surface area contributed by atoms with Crippen molar-refractivity contribution in [3.05, 3.63) is 72.0 Å². The molecule has 192 valence electrons. The van der Waals surface area contributed by atoms with Crippen LogP contribution >= 0.6 is 11.3 Å². The molecule has 5 rings (SSSR count). The first-order chi connectivity index (χ1) is 18.1. The average molecular weight is 518 g/mol. The van der Waals surface area contributed by atoms with E-state index in [9.17, 15) is 4.79 Å². The smallest absolute Gasteiger partial charge is 0.311 e. The van der Waals surface area contributed by atoms with Gasteiger partial charge in [-0.1, -0.05) is 42.8 Å². The maximum absolute atomic E-state index is 12.9. The molecule has 3 atom stereocenters. The zero-order chi connectivity index (χ0) is 25.8. The number of rotatable bonds is 9. The first kappa shape index (κ1) is 24.8. The minimum absolute atomic E-state index is 0.216. The van der Waals surface area contributed by atoms with Crippen LogP contribution in [0.2, 0.25) is 0 Å². The molecule has 9 nitrogen and oxygen atoms in total. The molecule has 3 unspecified atom stereocenters. The highest BCUT2D eigenvalue weighted by Crippen LogP contribution is 2.40. The molecule has 37 heavy (non-hydrogen) atoms. The third kappa shape index (κ3) is 5.01. The zero-order valence-corrected chi connectivity index (χ0v) is 21.6. The van der Waals surface area contributed by atoms with Gasteiger partial charge in [0.25, 0.3) is 0 Å². The fraction of sp³-hybridized carbons (Fsp3) is 0.333. The van der Waals surface area contributed by atoms with Crippen molar-refractivity contribution in [2.45, 2.75) is 44.7 Å². The number of imidazole rings is 1. The Hall–Kier alpha value is -3.92. The van der Waals surface area contributed by atoms with Gasteiger partial charge in [-0.25, -0.2) is 9.99 Å². The van der Waals surface area contributed by atoms with E-state index in [1.807, 2.05) is 37.3 Å². The predicted molar refractivity (Wildman–Crippen MR) is 147 cm³/mol. The van der Waals surface area contributed by atoms with E-state index in [1.54, 1.807) is 22.7 Å². The van der Waals surface area contributed by atoms with Crippen LogP contribution in [0.5, 0.6) is 0 Å². The summed E-state index contributed by atoms with van der Waals surface area (Å²) in [4.78, 5) is 20.4. The minimum atomic E-state index is -0.359. The van der Waals surface area contributed by atoms with E-state index in [-0.39, 0.29) is 24.0 Å². The van der Waals surface area contributed by atoms with Gasteiger partial charge < -0.3 is 20.9 Å². The van der Waals surface area contributed by atoms with Crippen LogP contribution in [-0.2, 0) is 9.53 Å². The number of carbonyl (C=O) groups is 1. The highest BCUT2D eigenvalue weighted by atomic mass is 32.1. The van der Waals surface area contributed by atoms with Crippen LogP contribution in [-0.4, -0.2) is 33.6 Å². The number of carbonyl (C=O) groups excluding carboxylic acids is 1. The highest BCUT2D eigenvalue weighted by molar-refractivity contribution is 7.17. The van der Waals surface area contributed by atoms with Gasteiger partial charge in [0.2, 0.25) is 0 Å². The molecule has 0 amide bonds. The molecule has 0 radical (unpaired) electrons. The summed E-state index contributed by atoms with van der Waals surface area (Å²) < 4.78 is 6.59. The van der Waals surface area contributed by atoms with Crippen molar-refractivity contribution < 1.29 is 9.53 Å². The Bertz CT molecular complexity index is 1430. The lowest BCUT2D eigenvalue weighted by Crippen LogP contribution is -2.44. The SMILES string of the molecule is C=C(C(Nc1ccc2[nH]cnc2c1)c1csc2ccccc12)N(/N=N\N)C1CCCCC1C(=O)OCC. The molecule has 0 aliphatic heterocycles. The van der Waals surface area contributed by atoms with E-state index >= 15 is 0 Å². The molecule has 4 N–H and O–H groups in total. The van der Waals surface area contributed by atoms with E-state index in [2.05, 4.69) is 49.8 Å². The van der Waals surface area contributed by atoms with E-state index < -0.39 is 0 Å². The lowest BCUT2D eigenvalue weighted by Gasteiger charge is -2.39. The van der Waals surface area contributed by atoms with Crippen molar-refractivity contribution in [1.82, 2.24) is 15.0 Å². The summed E-state index contributed by atoms with van der Waals surface area (Å²) in [7, 11) is 0. The van der Waals surface area contributed by atoms with Crippen molar-refractivity contribution in [3.8, 4) is 0 Å². The largest absolute Gasteiger partial charge is 0.466 e. The van der Waals surface area contributed by atoms with Gasteiger partial charge in [-0.15, -0.1) is 11.3 Å². The second-order valence-corrected chi connectivity index (χ2v) is 10.1. The number of hydrogen-bond acceptors (Lipinski definition) is 7. The number of H-pyrrole nitrogens is 1. The van der Waals surface area contributed by atoms with Crippen LogP contribution in [0.15, 0.2) is 76.9 Å². The summed E-state index contributed by atoms with van der Waals surface area (Å²) in [6.07, 6.45) is 5.10. The Morgan fingerprint density at radius 3 is 3.00 bits per heavy atom. The second-order valence-electron chi connectivity index (χ2n) is 9.15. The number of anilines is 1. The van der Waals surface area contributed by atoms with Crippen LogP contribution in [0.25, 0.3) is 21.1 Å². The number of esters is 1. The van der Waals surface area contributed by atoms with Crippen molar-refractivity contribution in [3.63, 3.8) is 0 Å². The number of fused-ring (bicyclic) bond motifs is 2. The molecular formula is C27H31N7O2S. The molecule has 2 aromatic carbocycles. The predicted octanol–water partition coefficient (Wildman–Crippen LogP) is 6.11. The number of nitrogens with zero attached hydrogens (tertiary/aromatic N) is 4. The number of thiophene rings is 1. The van der Waals surface area contributed by atoms with Gasteiger partial charge in [-0.05, 0) is 65.6 Å². The molecule has 10 heteroatoms. The van der Waals surface area contributed by atoms with Crippen LogP contribution in [0.3, 0.4) is 0 Å². The molecule has 1 fully saturated rings. The standard InChI is InChI=1S/C27H31N7O2S/c1-3-36-27(35)20-9-4-6-10-24(20)34(33-32-28)17(2)26(21-15-37-25-11-7-5-8-19(21)25)31-18-12-13-22-23(14-18)30-16-29-22/h5,7-8,11-16,20,24,26,31H,2-4,6,9-10H2,1H3,(H2,28,33)(H,29,30). The summed E-state index contributed by atoms with van der Waals surface area (Å²) >= 11 is 1.68. The maximum Gasteiger partial charge on any atom is 0.311 e. The maximum atomic E-state index is 12.9. The van der Waals surface area contributed by atoms with Crippen LogP contribution in [0.4, 0.5) is 5.69 Å². The quantitative estimate of drug-likeness (QED) is 0.107. The molecule has 2 aromatic heterocycles. The lowest BCUT2D eigenvalue weighted by molar-refractivity contribution is -0.151. The Balaban J connectivity index is 1.55. The molecule has 2 heterocycles. The number of benzene rings is 2. The van der Waals surface area contributed by atoms with E-state index in [1.165, 1.54) is 4.70 Å². The van der Waals surface area contributed by atoms with Gasteiger partial charge in [0.1, 0.15) is 0 Å². The van der Waals surface area contributed by atoms with Gasteiger partial charge in [-0.2, -0.15) is 0 Å². The summed E-state index contributed by atoms with van der Waals surface area (Å²) in [5.41, 5.74) is 4.42. The van der Waals surface area contributed by atoms with Gasteiger partial charge in [0.15, 0.2) is 0 Å². The fourth-order valence-corrected chi connectivity index (χ4v) is 6.19. The molecule has 1 aliphatic rings. The molecule has 0 saturated heterocycles. The Labute approximate surface area is 219 Å². The first-order valence-corrected chi connectivity index (χ1v) is 13.4. The molecule has 0 spiro atoms. The van der Waals surface area contributed by atoms with Crippen molar-refractivity contribution >= 4 is 44.1 Å². The summed E-state index contributed by atoms with van der Waals surface area (Å²) in [5.74, 6) is 5.04. The van der Waals surface area contributed by atoms with Gasteiger partial charge in [0, 0.05) is 10.4 Å². The van der Waals surface area contributed by atoms with E-state index in [0.717, 1.165) is 53.4 Å². The van der Waals surface area contributed by atoms with Crippen LogP contribution in [0, 0.1) is 5.92 Å². The molecule has 0 bridgehead atoms. The number of aromatic nitrogens is 2. The molecular weight excluding hydrogens is 486 g/mol. The van der Waals surface area contributed by atoms with Crippen LogP contribution in [0.1, 0.15) is 44.2 Å². The lowest BCUT2D eigenvalue weighted by atomic mass is 9.83. The minimum Gasteiger partial charge on any atom is -0.466 e. The third-order valence-corrected chi connectivity index (χ3v) is 7.94. The fourth-order valence-electron chi connectivity index (χ4n) is 5.20. The number of ether oxygens (including phenoxy) is 1.